The van der Waals surface area contributed by atoms with Crippen LogP contribution in [0.3, 0.4) is 0 Å². The van der Waals surface area contributed by atoms with Gasteiger partial charge in [-0.05, 0) is 19.1 Å². The minimum Gasteiger partial charge on any atom is -0.494 e. The van der Waals surface area contributed by atoms with Crippen molar-refractivity contribution in [1.29, 1.82) is 0 Å². The van der Waals surface area contributed by atoms with E-state index in [9.17, 15) is 18.0 Å². The lowest BCUT2D eigenvalue weighted by molar-refractivity contribution is -0.167. The number of anilines is 1. The molecular weight excluding hydrogens is 223 g/mol. The van der Waals surface area contributed by atoms with E-state index in [-0.39, 0.29) is 5.69 Å². The monoisotopic (exact) mass is 233 g/mol. The van der Waals surface area contributed by atoms with E-state index < -0.39 is 12.1 Å². The number of ether oxygens (including phenoxy) is 1. The Labute approximate surface area is 90.2 Å². The van der Waals surface area contributed by atoms with Gasteiger partial charge in [0.05, 0.1) is 6.61 Å². The molecule has 0 spiro atoms. The number of carbonyl (C=O) groups is 1. The van der Waals surface area contributed by atoms with Crippen LogP contribution in [-0.2, 0) is 4.79 Å². The highest BCUT2D eigenvalue weighted by atomic mass is 19.4. The summed E-state index contributed by atoms with van der Waals surface area (Å²) in [5, 5.41) is 1.74. The molecule has 0 saturated heterocycles. The van der Waals surface area contributed by atoms with Crippen LogP contribution < -0.4 is 10.1 Å². The van der Waals surface area contributed by atoms with Crippen molar-refractivity contribution in [2.45, 2.75) is 13.1 Å². The molecule has 0 aliphatic rings. The molecular formula is C10H10F3NO2. The zero-order valence-corrected chi connectivity index (χ0v) is 8.47. The van der Waals surface area contributed by atoms with Gasteiger partial charge in [0.1, 0.15) is 5.75 Å². The van der Waals surface area contributed by atoms with Crippen LogP contribution in [0.5, 0.6) is 5.75 Å². The molecule has 1 rings (SSSR count). The van der Waals surface area contributed by atoms with Crippen molar-refractivity contribution in [1.82, 2.24) is 0 Å². The summed E-state index contributed by atoms with van der Waals surface area (Å²) in [6, 6.07) is 5.77. The van der Waals surface area contributed by atoms with E-state index in [0.29, 0.717) is 12.4 Å². The first kappa shape index (κ1) is 12.4. The number of hydrogen-bond donors (Lipinski definition) is 1. The van der Waals surface area contributed by atoms with Gasteiger partial charge < -0.3 is 10.1 Å². The second kappa shape index (κ2) is 4.87. The fourth-order valence-electron chi connectivity index (χ4n) is 1.03. The number of rotatable bonds is 3. The quantitative estimate of drug-likeness (QED) is 0.871. The number of carbonyl (C=O) groups excluding carboxylic acids is 1. The van der Waals surface area contributed by atoms with E-state index in [1.54, 1.807) is 18.3 Å². The second-order valence-corrected chi connectivity index (χ2v) is 2.91. The Balaban J connectivity index is 2.74. The highest BCUT2D eigenvalue weighted by molar-refractivity contribution is 5.95. The van der Waals surface area contributed by atoms with Crippen LogP contribution in [0.4, 0.5) is 18.9 Å². The standard InChI is InChI=1S/C10H10F3NO2/c1-2-16-8-5-3-4-7(6-8)14-9(15)10(11,12)13/h3-6H,2H2,1H3,(H,14,15). The van der Waals surface area contributed by atoms with Crippen molar-refractivity contribution in [3.05, 3.63) is 24.3 Å². The lowest BCUT2D eigenvalue weighted by Crippen LogP contribution is -2.29. The number of alkyl halides is 3. The average molecular weight is 233 g/mol. The van der Waals surface area contributed by atoms with E-state index in [1.165, 1.54) is 18.2 Å². The minimum atomic E-state index is -4.89. The van der Waals surface area contributed by atoms with Crippen molar-refractivity contribution in [2.75, 3.05) is 11.9 Å². The van der Waals surface area contributed by atoms with Crippen LogP contribution in [-0.4, -0.2) is 18.7 Å². The highest BCUT2D eigenvalue weighted by Crippen LogP contribution is 2.21. The van der Waals surface area contributed by atoms with Gasteiger partial charge >= 0.3 is 12.1 Å². The molecule has 0 heterocycles. The Bertz CT molecular complexity index is 377. The Hall–Kier alpha value is -1.72. The smallest absolute Gasteiger partial charge is 0.471 e. The molecule has 1 aromatic rings. The third-order valence-corrected chi connectivity index (χ3v) is 1.66. The highest BCUT2D eigenvalue weighted by Gasteiger charge is 2.38. The van der Waals surface area contributed by atoms with Crippen LogP contribution in [0.15, 0.2) is 24.3 Å². The van der Waals surface area contributed by atoms with Gasteiger partial charge in [-0.1, -0.05) is 6.07 Å². The predicted molar refractivity (Wildman–Crippen MR) is 52.3 cm³/mol. The topological polar surface area (TPSA) is 38.3 Å². The summed E-state index contributed by atoms with van der Waals surface area (Å²) in [5.74, 6) is -1.59. The second-order valence-electron chi connectivity index (χ2n) is 2.91. The van der Waals surface area contributed by atoms with E-state index in [2.05, 4.69) is 0 Å². The van der Waals surface area contributed by atoms with Gasteiger partial charge in [-0.3, -0.25) is 4.79 Å². The average Bonchev–Trinajstić information content (AvgIpc) is 2.17. The third-order valence-electron chi connectivity index (χ3n) is 1.66. The SMILES string of the molecule is CCOc1cccc(NC(=O)C(F)(F)F)c1. The molecule has 88 valence electrons. The minimum absolute atomic E-state index is 0.0493. The van der Waals surface area contributed by atoms with Crippen molar-refractivity contribution in [3.8, 4) is 5.75 Å². The van der Waals surface area contributed by atoms with E-state index in [4.69, 9.17) is 4.74 Å². The van der Waals surface area contributed by atoms with Crippen molar-refractivity contribution in [2.24, 2.45) is 0 Å². The zero-order valence-electron chi connectivity index (χ0n) is 8.47. The van der Waals surface area contributed by atoms with Gasteiger partial charge in [-0.25, -0.2) is 0 Å². The van der Waals surface area contributed by atoms with Crippen LogP contribution in [0.2, 0.25) is 0 Å². The summed E-state index contributed by atoms with van der Waals surface area (Å²) in [4.78, 5) is 10.6. The predicted octanol–water partition coefficient (Wildman–Crippen LogP) is 2.59. The first-order chi connectivity index (χ1) is 7.43. The lowest BCUT2D eigenvalue weighted by Gasteiger charge is -2.09. The molecule has 0 aliphatic heterocycles. The normalized spacial score (nSPS) is 11.0. The molecule has 0 unspecified atom stereocenters. The molecule has 0 fully saturated rings. The summed E-state index contributed by atoms with van der Waals surface area (Å²) >= 11 is 0. The molecule has 3 nitrogen and oxygen atoms in total. The maximum atomic E-state index is 11.9. The van der Waals surface area contributed by atoms with E-state index in [1.807, 2.05) is 0 Å². The fourth-order valence-corrected chi connectivity index (χ4v) is 1.03. The van der Waals surface area contributed by atoms with Crippen molar-refractivity contribution in [3.63, 3.8) is 0 Å². The van der Waals surface area contributed by atoms with Crippen molar-refractivity contribution >= 4 is 11.6 Å². The molecule has 0 aliphatic carbocycles. The lowest BCUT2D eigenvalue weighted by atomic mass is 10.3. The first-order valence-corrected chi connectivity index (χ1v) is 4.54. The summed E-state index contributed by atoms with van der Waals surface area (Å²) < 4.78 is 40.9. The molecule has 1 amide bonds. The Morgan fingerprint density at radius 1 is 1.44 bits per heavy atom. The molecule has 0 bridgehead atoms. The molecule has 16 heavy (non-hydrogen) atoms. The van der Waals surface area contributed by atoms with Gasteiger partial charge in [0.2, 0.25) is 0 Å². The van der Waals surface area contributed by atoms with Crippen LogP contribution in [0, 0.1) is 0 Å². The Morgan fingerprint density at radius 3 is 2.69 bits per heavy atom. The molecule has 1 aromatic carbocycles. The number of benzene rings is 1. The molecule has 1 N–H and O–H groups in total. The Kier molecular flexibility index (Phi) is 3.76. The maximum Gasteiger partial charge on any atom is 0.471 e. The largest absolute Gasteiger partial charge is 0.494 e. The maximum absolute atomic E-state index is 11.9. The first-order valence-electron chi connectivity index (χ1n) is 4.54. The summed E-state index contributed by atoms with van der Waals surface area (Å²) in [6.45, 7) is 2.15. The van der Waals surface area contributed by atoms with E-state index in [0.717, 1.165) is 0 Å². The van der Waals surface area contributed by atoms with Crippen LogP contribution in [0.1, 0.15) is 6.92 Å². The van der Waals surface area contributed by atoms with Gasteiger partial charge in [0.15, 0.2) is 0 Å². The van der Waals surface area contributed by atoms with Gasteiger partial charge in [0.25, 0.3) is 0 Å². The van der Waals surface area contributed by atoms with Gasteiger partial charge in [-0.2, -0.15) is 13.2 Å². The number of halogens is 3. The molecule has 0 atom stereocenters. The molecule has 0 saturated carbocycles. The van der Waals surface area contributed by atoms with Crippen LogP contribution >= 0.6 is 0 Å². The third kappa shape index (κ3) is 3.45. The summed E-state index contributed by atoms with van der Waals surface area (Å²) in [5.41, 5.74) is 0.0493. The molecule has 0 aromatic heterocycles. The van der Waals surface area contributed by atoms with Crippen molar-refractivity contribution < 1.29 is 22.7 Å². The number of nitrogens with one attached hydrogen (secondary N) is 1. The molecule has 0 radical (unpaired) electrons. The zero-order chi connectivity index (χ0) is 12.2. The fraction of sp³-hybridized carbons (Fsp3) is 0.300. The summed E-state index contributed by atoms with van der Waals surface area (Å²) in [7, 11) is 0. The number of amides is 1. The van der Waals surface area contributed by atoms with E-state index >= 15 is 0 Å². The van der Waals surface area contributed by atoms with Crippen LogP contribution in [0.25, 0.3) is 0 Å². The van der Waals surface area contributed by atoms with Gasteiger partial charge in [0, 0.05) is 11.8 Å². The number of hydrogen-bond acceptors (Lipinski definition) is 2. The van der Waals surface area contributed by atoms with Gasteiger partial charge in [-0.15, -0.1) is 0 Å². The summed E-state index contributed by atoms with van der Waals surface area (Å²) in [6.07, 6.45) is -4.89. The Morgan fingerprint density at radius 2 is 2.12 bits per heavy atom. The molecule has 6 heteroatoms.